The standard InChI is InChI=1S/C23H27ClFN3O5S/c24-21-6-5-19(34(30,31)28-9-13-33-14-10-28)15-20(21)23(29)26-16-22(27-7-11-32-12-8-27)17-1-3-18(25)4-2-17/h1-6,15,22H,7-14,16H2,(H,26,29)/t22-/m1/s1. The number of nitrogens with one attached hydrogen (secondary N) is 1. The molecule has 2 aromatic rings. The summed E-state index contributed by atoms with van der Waals surface area (Å²) >= 11 is 6.27. The van der Waals surface area contributed by atoms with E-state index in [1.807, 2.05) is 0 Å². The molecule has 4 rings (SSSR count). The van der Waals surface area contributed by atoms with Gasteiger partial charge in [-0.3, -0.25) is 9.69 Å². The lowest BCUT2D eigenvalue weighted by Gasteiger charge is -2.35. The van der Waals surface area contributed by atoms with E-state index in [2.05, 4.69) is 10.2 Å². The van der Waals surface area contributed by atoms with Crippen LogP contribution in [0.1, 0.15) is 22.0 Å². The van der Waals surface area contributed by atoms with Gasteiger partial charge in [-0.05, 0) is 35.9 Å². The molecule has 2 saturated heterocycles. The highest BCUT2D eigenvalue weighted by Crippen LogP contribution is 2.25. The Morgan fingerprint density at radius 1 is 1.00 bits per heavy atom. The summed E-state index contributed by atoms with van der Waals surface area (Å²) in [5.74, 6) is -0.817. The van der Waals surface area contributed by atoms with Crippen molar-refractivity contribution < 1.29 is 27.1 Å². The molecule has 184 valence electrons. The Labute approximate surface area is 203 Å². The van der Waals surface area contributed by atoms with Crippen molar-refractivity contribution in [2.24, 2.45) is 0 Å². The molecule has 0 aliphatic carbocycles. The molecule has 2 aliphatic rings. The van der Waals surface area contributed by atoms with Gasteiger partial charge in [-0.15, -0.1) is 0 Å². The van der Waals surface area contributed by atoms with Crippen molar-refractivity contribution in [1.29, 1.82) is 0 Å². The zero-order valence-electron chi connectivity index (χ0n) is 18.6. The summed E-state index contributed by atoms with van der Waals surface area (Å²) in [6, 6.07) is 10.1. The van der Waals surface area contributed by atoms with Gasteiger partial charge in [0.25, 0.3) is 5.91 Å². The number of sulfonamides is 1. The van der Waals surface area contributed by atoms with Crippen LogP contribution in [0.15, 0.2) is 47.4 Å². The van der Waals surface area contributed by atoms with Gasteiger partial charge in [0.2, 0.25) is 10.0 Å². The van der Waals surface area contributed by atoms with E-state index in [-0.39, 0.29) is 47.0 Å². The van der Waals surface area contributed by atoms with Crippen LogP contribution in [0, 0.1) is 5.82 Å². The Morgan fingerprint density at radius 3 is 2.26 bits per heavy atom. The first kappa shape index (κ1) is 25.0. The highest BCUT2D eigenvalue weighted by molar-refractivity contribution is 7.89. The third-order valence-corrected chi connectivity index (χ3v) is 8.21. The van der Waals surface area contributed by atoms with E-state index in [4.69, 9.17) is 21.1 Å². The van der Waals surface area contributed by atoms with E-state index in [1.54, 1.807) is 12.1 Å². The van der Waals surface area contributed by atoms with Crippen molar-refractivity contribution in [2.75, 3.05) is 59.2 Å². The second-order valence-electron chi connectivity index (χ2n) is 8.08. The van der Waals surface area contributed by atoms with Gasteiger partial charge in [-0.25, -0.2) is 12.8 Å². The molecule has 11 heteroatoms. The first-order chi connectivity index (χ1) is 16.4. The molecule has 2 aliphatic heterocycles. The van der Waals surface area contributed by atoms with Gasteiger partial charge < -0.3 is 14.8 Å². The van der Waals surface area contributed by atoms with Crippen LogP contribution in [0.4, 0.5) is 4.39 Å². The monoisotopic (exact) mass is 511 g/mol. The lowest BCUT2D eigenvalue weighted by Crippen LogP contribution is -2.44. The maximum Gasteiger partial charge on any atom is 0.252 e. The molecule has 0 saturated carbocycles. The normalized spacial score (nSPS) is 19.0. The van der Waals surface area contributed by atoms with E-state index < -0.39 is 15.9 Å². The fourth-order valence-corrected chi connectivity index (χ4v) is 5.73. The Hall–Kier alpha value is -2.08. The number of amides is 1. The maximum atomic E-state index is 13.5. The molecule has 34 heavy (non-hydrogen) atoms. The summed E-state index contributed by atoms with van der Waals surface area (Å²) in [4.78, 5) is 15.2. The van der Waals surface area contributed by atoms with Gasteiger partial charge in [0.15, 0.2) is 0 Å². The first-order valence-electron chi connectivity index (χ1n) is 11.1. The van der Waals surface area contributed by atoms with Gasteiger partial charge in [0.1, 0.15) is 5.82 Å². The van der Waals surface area contributed by atoms with Gasteiger partial charge in [-0.2, -0.15) is 4.31 Å². The second-order valence-corrected chi connectivity index (χ2v) is 10.4. The quantitative estimate of drug-likeness (QED) is 0.614. The van der Waals surface area contributed by atoms with Crippen molar-refractivity contribution in [1.82, 2.24) is 14.5 Å². The van der Waals surface area contributed by atoms with E-state index >= 15 is 0 Å². The van der Waals surface area contributed by atoms with Gasteiger partial charge in [0, 0.05) is 32.7 Å². The topological polar surface area (TPSA) is 88.2 Å². The summed E-state index contributed by atoms with van der Waals surface area (Å²) in [7, 11) is -3.77. The van der Waals surface area contributed by atoms with Crippen LogP contribution < -0.4 is 5.32 Å². The van der Waals surface area contributed by atoms with Crippen LogP contribution in [0.2, 0.25) is 5.02 Å². The molecule has 2 aromatic carbocycles. The lowest BCUT2D eigenvalue weighted by atomic mass is 10.0. The summed E-state index contributed by atoms with van der Waals surface area (Å²) in [5.41, 5.74) is 0.939. The number of ether oxygens (including phenoxy) is 2. The fourth-order valence-electron chi connectivity index (χ4n) is 4.09. The molecule has 0 bridgehead atoms. The molecule has 2 heterocycles. The molecule has 0 aromatic heterocycles. The molecular weight excluding hydrogens is 485 g/mol. The SMILES string of the molecule is O=C(NC[C@H](c1ccc(F)cc1)N1CCOCC1)c1cc(S(=O)(=O)N2CCOCC2)ccc1Cl. The molecule has 0 unspecified atom stereocenters. The lowest BCUT2D eigenvalue weighted by molar-refractivity contribution is 0.0162. The minimum atomic E-state index is -3.77. The molecule has 1 N–H and O–H groups in total. The zero-order chi connectivity index (χ0) is 24.1. The number of hydrogen-bond donors (Lipinski definition) is 1. The molecule has 1 amide bonds. The number of carbonyl (C=O) groups is 1. The summed E-state index contributed by atoms with van der Waals surface area (Å²) in [5, 5.41) is 3.04. The van der Waals surface area contributed by atoms with Crippen LogP contribution in [0.3, 0.4) is 0 Å². The number of rotatable bonds is 7. The third-order valence-electron chi connectivity index (χ3n) is 5.99. The predicted octanol–water partition coefficient (Wildman–Crippen LogP) is 2.30. The van der Waals surface area contributed by atoms with Crippen molar-refractivity contribution in [3.8, 4) is 0 Å². The Kier molecular flexibility index (Phi) is 8.18. The highest BCUT2D eigenvalue weighted by Gasteiger charge is 2.28. The number of nitrogens with zero attached hydrogens (tertiary/aromatic N) is 2. The summed E-state index contributed by atoms with van der Waals surface area (Å²) < 4.78 is 51.5. The van der Waals surface area contributed by atoms with Gasteiger partial charge >= 0.3 is 0 Å². The van der Waals surface area contributed by atoms with Crippen molar-refractivity contribution in [2.45, 2.75) is 10.9 Å². The van der Waals surface area contributed by atoms with Crippen LogP contribution in [0.5, 0.6) is 0 Å². The number of carbonyl (C=O) groups excluding carboxylic acids is 1. The van der Waals surface area contributed by atoms with Crippen LogP contribution in [0.25, 0.3) is 0 Å². The van der Waals surface area contributed by atoms with E-state index in [0.717, 1.165) is 5.56 Å². The Morgan fingerprint density at radius 2 is 1.62 bits per heavy atom. The van der Waals surface area contributed by atoms with Crippen molar-refractivity contribution >= 4 is 27.5 Å². The number of morpholine rings is 2. The third kappa shape index (κ3) is 5.76. The number of benzene rings is 2. The Bertz CT molecular complexity index is 1100. The minimum Gasteiger partial charge on any atom is -0.379 e. The number of hydrogen-bond acceptors (Lipinski definition) is 6. The summed E-state index contributed by atoms with van der Waals surface area (Å²) in [6.45, 7) is 3.88. The van der Waals surface area contributed by atoms with Gasteiger partial charge in [0.05, 0.1) is 48.0 Å². The minimum absolute atomic E-state index is 0.00668. The summed E-state index contributed by atoms with van der Waals surface area (Å²) in [6.07, 6.45) is 0. The molecular formula is C23H27ClFN3O5S. The average molecular weight is 512 g/mol. The second kappa shape index (κ2) is 11.1. The van der Waals surface area contributed by atoms with E-state index in [1.165, 1.54) is 34.6 Å². The molecule has 1 atom stereocenters. The molecule has 0 spiro atoms. The predicted molar refractivity (Wildman–Crippen MR) is 125 cm³/mol. The van der Waals surface area contributed by atoms with Crippen LogP contribution >= 0.6 is 11.6 Å². The van der Waals surface area contributed by atoms with Crippen molar-refractivity contribution in [3.63, 3.8) is 0 Å². The maximum absolute atomic E-state index is 13.5. The average Bonchev–Trinajstić information content (AvgIpc) is 2.86. The number of halogens is 2. The van der Waals surface area contributed by atoms with E-state index in [0.29, 0.717) is 39.5 Å². The Balaban J connectivity index is 1.52. The highest BCUT2D eigenvalue weighted by atomic mass is 35.5. The van der Waals surface area contributed by atoms with Crippen LogP contribution in [-0.4, -0.2) is 82.7 Å². The zero-order valence-corrected chi connectivity index (χ0v) is 20.2. The first-order valence-corrected chi connectivity index (χ1v) is 12.9. The van der Waals surface area contributed by atoms with Gasteiger partial charge in [-0.1, -0.05) is 23.7 Å². The molecule has 8 nitrogen and oxygen atoms in total. The van der Waals surface area contributed by atoms with E-state index in [9.17, 15) is 17.6 Å². The fraction of sp³-hybridized carbons (Fsp3) is 0.435. The largest absolute Gasteiger partial charge is 0.379 e. The molecule has 0 radical (unpaired) electrons. The van der Waals surface area contributed by atoms with Crippen molar-refractivity contribution in [3.05, 3.63) is 64.4 Å². The smallest absolute Gasteiger partial charge is 0.252 e. The molecule has 2 fully saturated rings. The van der Waals surface area contributed by atoms with Crippen LogP contribution in [-0.2, 0) is 19.5 Å².